The standard InChI is InChI=1S/C15H14FNO2/c1-4-5-14(18)12-7-6-11(8-13(12)16)15-9(2)17-19-10(15)3/h4-8H,1-3H3. The summed E-state index contributed by atoms with van der Waals surface area (Å²) in [6, 6.07) is 4.52. The molecule has 0 N–H and O–H groups in total. The fourth-order valence-corrected chi connectivity index (χ4v) is 2.01. The van der Waals surface area contributed by atoms with Gasteiger partial charge in [0.2, 0.25) is 0 Å². The van der Waals surface area contributed by atoms with Crippen LogP contribution in [0, 0.1) is 19.7 Å². The molecule has 3 nitrogen and oxygen atoms in total. The van der Waals surface area contributed by atoms with Gasteiger partial charge in [-0.2, -0.15) is 0 Å². The minimum absolute atomic E-state index is 0.0635. The number of rotatable bonds is 3. The number of carbonyl (C=O) groups is 1. The summed E-state index contributed by atoms with van der Waals surface area (Å²) in [6.07, 6.45) is 2.93. The Balaban J connectivity index is 2.48. The van der Waals surface area contributed by atoms with Crippen molar-refractivity contribution in [2.45, 2.75) is 20.8 Å². The highest BCUT2D eigenvalue weighted by molar-refractivity contribution is 6.04. The zero-order chi connectivity index (χ0) is 14.0. The molecule has 0 fully saturated rings. The minimum atomic E-state index is -0.541. The molecule has 0 atom stereocenters. The van der Waals surface area contributed by atoms with Crippen molar-refractivity contribution < 1.29 is 13.7 Å². The van der Waals surface area contributed by atoms with Crippen molar-refractivity contribution in [1.29, 1.82) is 0 Å². The number of benzene rings is 1. The van der Waals surface area contributed by atoms with Crippen LogP contribution in [0.3, 0.4) is 0 Å². The van der Waals surface area contributed by atoms with E-state index in [1.54, 1.807) is 32.9 Å². The van der Waals surface area contributed by atoms with E-state index in [-0.39, 0.29) is 11.3 Å². The summed E-state index contributed by atoms with van der Waals surface area (Å²) in [4.78, 5) is 11.6. The Hall–Kier alpha value is -2.23. The molecule has 0 aliphatic carbocycles. The second-order valence-corrected chi connectivity index (χ2v) is 4.26. The van der Waals surface area contributed by atoms with Crippen LogP contribution in [0.4, 0.5) is 4.39 Å². The molecule has 2 aromatic rings. The van der Waals surface area contributed by atoms with Gasteiger partial charge in [-0.05, 0) is 44.5 Å². The van der Waals surface area contributed by atoms with Gasteiger partial charge in [0.05, 0.1) is 11.3 Å². The molecular formula is C15H14FNO2. The van der Waals surface area contributed by atoms with Crippen LogP contribution in [0.1, 0.15) is 28.7 Å². The van der Waals surface area contributed by atoms with Gasteiger partial charge in [0, 0.05) is 5.56 Å². The second kappa shape index (κ2) is 5.18. The molecule has 0 radical (unpaired) electrons. The maximum absolute atomic E-state index is 14.0. The Labute approximate surface area is 110 Å². The van der Waals surface area contributed by atoms with E-state index < -0.39 is 5.82 Å². The summed E-state index contributed by atoms with van der Waals surface area (Å²) < 4.78 is 19.0. The summed E-state index contributed by atoms with van der Waals surface area (Å²) in [5.41, 5.74) is 2.19. The molecule has 1 aromatic heterocycles. The topological polar surface area (TPSA) is 43.1 Å². The van der Waals surface area contributed by atoms with Crippen LogP contribution in [0.25, 0.3) is 11.1 Å². The maximum atomic E-state index is 14.0. The van der Waals surface area contributed by atoms with Crippen LogP contribution in [0.2, 0.25) is 0 Å². The molecule has 2 rings (SSSR count). The number of hydrogen-bond donors (Lipinski definition) is 0. The largest absolute Gasteiger partial charge is 0.361 e. The summed E-state index contributed by atoms with van der Waals surface area (Å²) in [6.45, 7) is 5.28. The zero-order valence-corrected chi connectivity index (χ0v) is 11.0. The molecule has 98 valence electrons. The average Bonchev–Trinajstić information content (AvgIpc) is 2.69. The third kappa shape index (κ3) is 2.47. The first-order valence-corrected chi connectivity index (χ1v) is 5.94. The molecule has 0 saturated heterocycles. The predicted molar refractivity (Wildman–Crippen MR) is 70.5 cm³/mol. The SMILES string of the molecule is CC=CC(=O)c1ccc(-c2c(C)noc2C)cc1F. The molecular weight excluding hydrogens is 245 g/mol. The Morgan fingerprint density at radius 1 is 1.37 bits per heavy atom. The Kier molecular flexibility index (Phi) is 3.60. The summed E-state index contributed by atoms with van der Waals surface area (Å²) in [5.74, 6) is -0.254. The number of carbonyl (C=O) groups excluding carboxylic acids is 1. The number of aromatic nitrogens is 1. The second-order valence-electron chi connectivity index (χ2n) is 4.26. The van der Waals surface area contributed by atoms with Gasteiger partial charge in [0.15, 0.2) is 5.78 Å². The third-order valence-corrected chi connectivity index (χ3v) is 2.87. The lowest BCUT2D eigenvalue weighted by Crippen LogP contribution is -1.99. The predicted octanol–water partition coefficient (Wildman–Crippen LogP) is 3.86. The van der Waals surface area contributed by atoms with E-state index >= 15 is 0 Å². The third-order valence-electron chi connectivity index (χ3n) is 2.87. The molecule has 4 heteroatoms. The van der Waals surface area contributed by atoms with Crippen molar-refractivity contribution in [3.8, 4) is 11.1 Å². The molecule has 19 heavy (non-hydrogen) atoms. The van der Waals surface area contributed by atoms with Crippen LogP contribution in [0.5, 0.6) is 0 Å². The van der Waals surface area contributed by atoms with Gasteiger partial charge < -0.3 is 4.52 Å². The zero-order valence-electron chi connectivity index (χ0n) is 11.0. The van der Waals surface area contributed by atoms with Crippen molar-refractivity contribution in [1.82, 2.24) is 5.16 Å². The molecule has 1 aromatic carbocycles. The first-order valence-electron chi connectivity index (χ1n) is 5.94. The van der Waals surface area contributed by atoms with E-state index in [2.05, 4.69) is 5.16 Å². The van der Waals surface area contributed by atoms with E-state index in [1.807, 2.05) is 0 Å². The summed E-state index contributed by atoms with van der Waals surface area (Å²) in [7, 11) is 0. The van der Waals surface area contributed by atoms with E-state index in [0.717, 1.165) is 5.56 Å². The number of ketones is 1. The number of allylic oxidation sites excluding steroid dienone is 2. The Bertz CT molecular complexity index is 637. The van der Waals surface area contributed by atoms with Crippen molar-refractivity contribution in [2.75, 3.05) is 0 Å². The van der Waals surface area contributed by atoms with E-state index in [1.165, 1.54) is 18.2 Å². The van der Waals surface area contributed by atoms with Gasteiger partial charge in [0.1, 0.15) is 11.6 Å². The number of nitrogens with zero attached hydrogens (tertiary/aromatic N) is 1. The smallest absolute Gasteiger partial charge is 0.188 e. The molecule has 1 heterocycles. The van der Waals surface area contributed by atoms with Gasteiger partial charge in [-0.1, -0.05) is 17.3 Å². The van der Waals surface area contributed by atoms with Crippen molar-refractivity contribution >= 4 is 5.78 Å². The minimum Gasteiger partial charge on any atom is -0.361 e. The lowest BCUT2D eigenvalue weighted by Gasteiger charge is -2.04. The highest BCUT2D eigenvalue weighted by Gasteiger charge is 2.15. The van der Waals surface area contributed by atoms with Gasteiger partial charge in [0.25, 0.3) is 0 Å². The van der Waals surface area contributed by atoms with Crippen LogP contribution in [0.15, 0.2) is 34.9 Å². The molecule has 0 spiro atoms. The molecule has 0 saturated carbocycles. The molecule has 0 aliphatic heterocycles. The Morgan fingerprint density at radius 3 is 2.63 bits per heavy atom. The lowest BCUT2D eigenvalue weighted by atomic mass is 10.0. The van der Waals surface area contributed by atoms with E-state index in [9.17, 15) is 9.18 Å². The first-order chi connectivity index (χ1) is 9.04. The maximum Gasteiger partial charge on any atom is 0.188 e. The van der Waals surface area contributed by atoms with Gasteiger partial charge in [-0.3, -0.25) is 4.79 Å². The number of aryl methyl sites for hydroxylation is 2. The average molecular weight is 259 g/mol. The van der Waals surface area contributed by atoms with Crippen LogP contribution in [-0.4, -0.2) is 10.9 Å². The molecule has 0 bridgehead atoms. The van der Waals surface area contributed by atoms with E-state index in [0.29, 0.717) is 17.0 Å². The lowest BCUT2D eigenvalue weighted by molar-refractivity contribution is 0.104. The van der Waals surface area contributed by atoms with Crippen LogP contribution < -0.4 is 0 Å². The quantitative estimate of drug-likeness (QED) is 0.621. The summed E-state index contributed by atoms with van der Waals surface area (Å²) in [5, 5.41) is 3.83. The highest BCUT2D eigenvalue weighted by atomic mass is 19.1. The van der Waals surface area contributed by atoms with Crippen molar-refractivity contribution in [3.05, 3.63) is 53.2 Å². The monoisotopic (exact) mass is 259 g/mol. The highest BCUT2D eigenvalue weighted by Crippen LogP contribution is 2.28. The fraction of sp³-hybridized carbons (Fsp3) is 0.200. The van der Waals surface area contributed by atoms with Crippen molar-refractivity contribution in [3.63, 3.8) is 0 Å². The van der Waals surface area contributed by atoms with Crippen LogP contribution >= 0.6 is 0 Å². The van der Waals surface area contributed by atoms with Crippen LogP contribution in [-0.2, 0) is 0 Å². The van der Waals surface area contributed by atoms with Gasteiger partial charge >= 0.3 is 0 Å². The Morgan fingerprint density at radius 2 is 2.11 bits per heavy atom. The normalized spacial score (nSPS) is 11.2. The molecule has 0 unspecified atom stereocenters. The van der Waals surface area contributed by atoms with E-state index in [4.69, 9.17) is 4.52 Å². The fourth-order valence-electron chi connectivity index (χ4n) is 2.01. The first kappa shape index (κ1) is 13.2. The number of halogens is 1. The molecule has 0 aliphatic rings. The van der Waals surface area contributed by atoms with Crippen molar-refractivity contribution in [2.24, 2.45) is 0 Å². The van der Waals surface area contributed by atoms with Gasteiger partial charge in [-0.25, -0.2) is 4.39 Å². The molecule has 0 amide bonds. The summed E-state index contributed by atoms with van der Waals surface area (Å²) >= 11 is 0. The van der Waals surface area contributed by atoms with Gasteiger partial charge in [-0.15, -0.1) is 0 Å². The number of hydrogen-bond acceptors (Lipinski definition) is 3.